The Morgan fingerprint density at radius 1 is 1.43 bits per heavy atom. The first-order chi connectivity index (χ1) is 6.22. The Morgan fingerprint density at radius 2 is 1.93 bits per heavy atom. The summed E-state index contributed by atoms with van der Waals surface area (Å²) in [5.41, 5.74) is 4.73. The molecule has 6 N–H and O–H groups in total. The summed E-state index contributed by atoms with van der Waals surface area (Å²) in [5.74, 6) is -2.26. The van der Waals surface area contributed by atoms with E-state index >= 15 is 0 Å². The zero-order chi connectivity index (χ0) is 11.4. The number of carboxylic acid groups (broad SMARTS) is 1. The van der Waals surface area contributed by atoms with Crippen LogP contribution >= 0.6 is 7.60 Å². The Morgan fingerprint density at radius 3 is 2.21 bits per heavy atom. The van der Waals surface area contributed by atoms with Gasteiger partial charge in [0.2, 0.25) is 5.91 Å². The molecule has 0 spiro atoms. The number of hydrogen-bond donors (Lipinski definition) is 5. The number of aliphatic carboxylic acids is 1. The van der Waals surface area contributed by atoms with E-state index in [0.717, 1.165) is 0 Å². The van der Waals surface area contributed by atoms with Gasteiger partial charge < -0.3 is 20.6 Å². The van der Waals surface area contributed by atoms with Gasteiger partial charge in [0.15, 0.2) is 0 Å². The molecule has 82 valence electrons. The molecule has 0 fully saturated rings. The monoisotopic (exact) mass is 226 g/mol. The lowest BCUT2D eigenvalue weighted by atomic mass is 10.2. The number of rotatable bonds is 6. The number of amides is 1. The van der Waals surface area contributed by atoms with Gasteiger partial charge in [0, 0.05) is 0 Å². The Hall–Kier alpha value is -0.950. The van der Waals surface area contributed by atoms with Gasteiger partial charge in [0.25, 0.3) is 0 Å². The second kappa shape index (κ2) is 5.06. The van der Waals surface area contributed by atoms with Crippen molar-refractivity contribution < 1.29 is 29.0 Å². The average Bonchev–Trinajstić information content (AvgIpc) is 1.94. The number of primary amides is 1. The average molecular weight is 226 g/mol. The van der Waals surface area contributed by atoms with Crippen molar-refractivity contribution in [2.24, 2.45) is 5.73 Å². The maximum Gasteiger partial charge on any atom is 0.339 e. The number of hydrogen-bond acceptors (Lipinski definition) is 4. The Labute approximate surface area is 79.3 Å². The molecule has 0 aliphatic rings. The number of carbonyl (C=O) groups is 2. The predicted molar refractivity (Wildman–Crippen MR) is 45.3 cm³/mol. The van der Waals surface area contributed by atoms with Crippen LogP contribution in [-0.2, 0) is 14.2 Å². The van der Waals surface area contributed by atoms with Gasteiger partial charge in [-0.1, -0.05) is 0 Å². The van der Waals surface area contributed by atoms with Crippen molar-refractivity contribution in [2.75, 3.05) is 6.29 Å². The molecule has 0 aromatic carbocycles. The van der Waals surface area contributed by atoms with E-state index in [9.17, 15) is 14.2 Å². The maximum atomic E-state index is 10.4. The van der Waals surface area contributed by atoms with E-state index in [2.05, 4.69) is 0 Å². The van der Waals surface area contributed by atoms with Crippen molar-refractivity contribution >= 4 is 19.5 Å². The number of carbonyl (C=O) groups excluding carboxylic acids is 1. The highest BCUT2D eigenvalue weighted by atomic mass is 31.2. The van der Waals surface area contributed by atoms with Crippen LogP contribution in [0.1, 0.15) is 6.42 Å². The van der Waals surface area contributed by atoms with Gasteiger partial charge in [-0.15, -0.1) is 0 Å². The molecule has 1 atom stereocenters. The lowest BCUT2D eigenvalue weighted by molar-refractivity contribution is -0.141. The molecule has 0 rings (SSSR count). The Bertz CT molecular complexity index is 273. The smallest absolute Gasteiger partial charge is 0.339 e. The van der Waals surface area contributed by atoms with Crippen molar-refractivity contribution in [1.29, 1.82) is 0 Å². The van der Waals surface area contributed by atoms with Gasteiger partial charge in [0.05, 0.1) is 12.7 Å². The fourth-order valence-electron chi connectivity index (χ4n) is 0.677. The van der Waals surface area contributed by atoms with Crippen LogP contribution in [0.5, 0.6) is 0 Å². The quantitative estimate of drug-likeness (QED) is 0.330. The third-order valence-corrected chi connectivity index (χ3v) is 1.84. The Balaban J connectivity index is 4.18. The molecule has 0 aromatic heterocycles. The molecule has 0 heterocycles. The summed E-state index contributed by atoms with van der Waals surface area (Å²) in [6, 6.07) is -1.37. The fraction of sp³-hybridized carbons (Fsp3) is 0.600. The highest BCUT2D eigenvalue weighted by Gasteiger charge is 2.23. The molecule has 0 aliphatic carbocycles. The maximum absolute atomic E-state index is 10.4. The molecule has 8 nitrogen and oxygen atoms in total. The summed E-state index contributed by atoms with van der Waals surface area (Å²) in [4.78, 5) is 37.6. The second-order valence-electron chi connectivity index (χ2n) is 2.59. The fourth-order valence-corrected chi connectivity index (χ4v) is 1.14. The number of nitrogens with two attached hydrogens (primary N) is 1. The zero-order valence-corrected chi connectivity index (χ0v) is 7.98. The van der Waals surface area contributed by atoms with Crippen LogP contribution in [0.4, 0.5) is 0 Å². The summed E-state index contributed by atoms with van der Waals surface area (Å²) in [5, 5.41) is 10.5. The van der Waals surface area contributed by atoms with E-state index in [-0.39, 0.29) is 0 Å². The van der Waals surface area contributed by atoms with Gasteiger partial charge in [-0.3, -0.25) is 19.5 Å². The van der Waals surface area contributed by atoms with Crippen LogP contribution in [0.15, 0.2) is 0 Å². The third-order valence-electron chi connectivity index (χ3n) is 1.25. The first-order valence-electron chi connectivity index (χ1n) is 3.51. The van der Waals surface area contributed by atoms with Crippen molar-refractivity contribution in [1.82, 2.24) is 5.32 Å². The minimum Gasteiger partial charge on any atom is -0.480 e. The van der Waals surface area contributed by atoms with Crippen LogP contribution in [0.25, 0.3) is 0 Å². The molecule has 9 heteroatoms. The molecular formula is C5H11N2O6P. The minimum atomic E-state index is -4.33. The standard InChI is InChI=1S/C5H11N2O6P/c6-4(8)1-3(5(9)10)7-2-14(11,12)13/h3,7H,1-2H2,(H2,6,8)(H,9,10)(H2,11,12,13)/t3-/m0/s1. The van der Waals surface area contributed by atoms with Crippen LogP contribution in [0.3, 0.4) is 0 Å². The predicted octanol–water partition coefficient (Wildman–Crippen LogP) is -1.96. The van der Waals surface area contributed by atoms with E-state index in [4.69, 9.17) is 20.6 Å². The first-order valence-corrected chi connectivity index (χ1v) is 5.31. The summed E-state index contributed by atoms with van der Waals surface area (Å²) in [7, 11) is -4.33. The molecule has 1 amide bonds. The van der Waals surface area contributed by atoms with E-state index in [1.165, 1.54) is 0 Å². The van der Waals surface area contributed by atoms with Gasteiger partial charge in [-0.25, -0.2) is 0 Å². The summed E-state index contributed by atoms with van der Waals surface area (Å²) in [6.45, 7) is 0. The van der Waals surface area contributed by atoms with Crippen molar-refractivity contribution in [3.63, 3.8) is 0 Å². The molecule has 0 aromatic rings. The van der Waals surface area contributed by atoms with E-state index in [1.54, 1.807) is 0 Å². The molecule has 0 bridgehead atoms. The normalized spacial score (nSPS) is 13.6. The van der Waals surface area contributed by atoms with Gasteiger partial charge in [0.1, 0.15) is 6.04 Å². The highest BCUT2D eigenvalue weighted by molar-refractivity contribution is 7.51. The third kappa shape index (κ3) is 6.55. The van der Waals surface area contributed by atoms with Crippen LogP contribution < -0.4 is 11.1 Å². The molecule has 0 saturated carbocycles. The molecule has 0 saturated heterocycles. The summed E-state index contributed by atoms with van der Waals surface area (Å²) >= 11 is 0. The molecule has 0 unspecified atom stereocenters. The number of nitrogens with one attached hydrogen (secondary N) is 1. The topological polar surface area (TPSA) is 150 Å². The van der Waals surface area contributed by atoms with E-state index in [1.807, 2.05) is 5.32 Å². The molecule has 0 radical (unpaired) electrons. The minimum absolute atomic E-state index is 0.519. The zero-order valence-electron chi connectivity index (χ0n) is 7.08. The molecule has 0 aliphatic heterocycles. The lowest BCUT2D eigenvalue weighted by Crippen LogP contribution is -2.40. The summed E-state index contributed by atoms with van der Waals surface area (Å²) in [6.07, 6.45) is -1.33. The first kappa shape index (κ1) is 13.1. The lowest BCUT2D eigenvalue weighted by Gasteiger charge is -2.12. The van der Waals surface area contributed by atoms with Crippen molar-refractivity contribution in [3.05, 3.63) is 0 Å². The van der Waals surface area contributed by atoms with Crippen LogP contribution in [0, 0.1) is 0 Å². The van der Waals surface area contributed by atoms with Crippen molar-refractivity contribution in [2.45, 2.75) is 12.5 Å². The molecular weight excluding hydrogens is 215 g/mol. The second-order valence-corrected chi connectivity index (χ2v) is 4.23. The summed E-state index contributed by atoms with van der Waals surface area (Å²) < 4.78 is 10.4. The van der Waals surface area contributed by atoms with Crippen molar-refractivity contribution in [3.8, 4) is 0 Å². The van der Waals surface area contributed by atoms with E-state index in [0.29, 0.717) is 0 Å². The molecule has 14 heavy (non-hydrogen) atoms. The van der Waals surface area contributed by atoms with Gasteiger partial charge in [-0.05, 0) is 0 Å². The van der Waals surface area contributed by atoms with Crippen LogP contribution in [-0.4, -0.2) is 39.1 Å². The van der Waals surface area contributed by atoms with E-state index < -0.39 is 38.2 Å². The van der Waals surface area contributed by atoms with Crippen LogP contribution in [0.2, 0.25) is 0 Å². The number of carboxylic acids is 1. The SMILES string of the molecule is NC(=O)C[C@H](NCP(=O)(O)O)C(=O)O. The van der Waals surface area contributed by atoms with Gasteiger partial charge in [-0.2, -0.15) is 0 Å². The van der Waals surface area contributed by atoms with Gasteiger partial charge >= 0.3 is 13.6 Å². The Kier molecular flexibility index (Phi) is 4.72. The largest absolute Gasteiger partial charge is 0.480 e. The highest BCUT2D eigenvalue weighted by Crippen LogP contribution is 2.32.